The van der Waals surface area contributed by atoms with Crippen LogP contribution in [0.4, 0.5) is 4.39 Å². The molecular formula is C14H13ClFN3. The standard InChI is InChI=1S/C14H13ClFN3/c1-9-11(14(15)18(2)17-9)8-19-7-6-10-12(16)4-3-5-13(10)19/h3-7H,8H2,1-2H3. The lowest BCUT2D eigenvalue weighted by molar-refractivity contribution is 0.639. The summed E-state index contributed by atoms with van der Waals surface area (Å²) in [5, 5.41) is 5.53. The van der Waals surface area contributed by atoms with Crippen molar-refractivity contribution in [1.82, 2.24) is 14.3 Å². The van der Waals surface area contributed by atoms with E-state index >= 15 is 0 Å². The first kappa shape index (κ1) is 12.2. The van der Waals surface area contributed by atoms with Gasteiger partial charge in [0, 0.05) is 24.2 Å². The molecule has 0 saturated carbocycles. The van der Waals surface area contributed by atoms with Crippen LogP contribution in [0.25, 0.3) is 10.9 Å². The largest absolute Gasteiger partial charge is 0.343 e. The van der Waals surface area contributed by atoms with Crippen LogP contribution in [-0.4, -0.2) is 14.3 Å². The Bertz CT molecular complexity index is 757. The van der Waals surface area contributed by atoms with E-state index in [1.807, 2.05) is 30.8 Å². The lowest BCUT2D eigenvalue weighted by atomic mass is 10.2. The molecule has 2 aromatic heterocycles. The van der Waals surface area contributed by atoms with Crippen LogP contribution in [0.2, 0.25) is 5.15 Å². The van der Waals surface area contributed by atoms with Crippen LogP contribution >= 0.6 is 11.6 Å². The Kier molecular flexibility index (Phi) is 2.82. The van der Waals surface area contributed by atoms with Crippen LogP contribution in [0, 0.1) is 12.7 Å². The van der Waals surface area contributed by atoms with Gasteiger partial charge in [-0.05, 0) is 25.1 Å². The van der Waals surface area contributed by atoms with Crippen molar-refractivity contribution in [2.24, 2.45) is 7.05 Å². The number of benzene rings is 1. The molecule has 0 atom stereocenters. The van der Waals surface area contributed by atoms with Gasteiger partial charge in [0.2, 0.25) is 0 Å². The third kappa shape index (κ3) is 1.92. The van der Waals surface area contributed by atoms with Crippen LogP contribution in [0.15, 0.2) is 30.5 Å². The van der Waals surface area contributed by atoms with E-state index in [1.165, 1.54) is 6.07 Å². The first-order chi connectivity index (χ1) is 9.08. The van der Waals surface area contributed by atoms with Gasteiger partial charge in [-0.15, -0.1) is 0 Å². The molecule has 0 bridgehead atoms. The summed E-state index contributed by atoms with van der Waals surface area (Å²) in [6, 6.07) is 6.86. The van der Waals surface area contributed by atoms with Gasteiger partial charge in [-0.3, -0.25) is 4.68 Å². The lowest BCUT2D eigenvalue weighted by Crippen LogP contribution is -1.99. The second kappa shape index (κ2) is 4.38. The zero-order chi connectivity index (χ0) is 13.6. The Balaban J connectivity index is 2.09. The fourth-order valence-corrected chi connectivity index (χ4v) is 2.58. The molecule has 0 aliphatic rings. The van der Waals surface area contributed by atoms with Gasteiger partial charge in [0.1, 0.15) is 11.0 Å². The molecule has 0 saturated heterocycles. The van der Waals surface area contributed by atoms with Crippen LogP contribution in [0.1, 0.15) is 11.3 Å². The first-order valence-corrected chi connectivity index (χ1v) is 6.37. The summed E-state index contributed by atoms with van der Waals surface area (Å²) in [4.78, 5) is 0. The third-order valence-electron chi connectivity index (χ3n) is 3.36. The topological polar surface area (TPSA) is 22.8 Å². The maximum absolute atomic E-state index is 13.6. The van der Waals surface area contributed by atoms with Crippen molar-refractivity contribution in [2.75, 3.05) is 0 Å². The van der Waals surface area contributed by atoms with Crippen molar-refractivity contribution in [2.45, 2.75) is 13.5 Å². The molecule has 3 aromatic rings. The minimum Gasteiger partial charge on any atom is -0.343 e. The van der Waals surface area contributed by atoms with E-state index in [1.54, 1.807) is 16.8 Å². The predicted molar refractivity (Wildman–Crippen MR) is 74.0 cm³/mol. The highest BCUT2D eigenvalue weighted by Crippen LogP contribution is 2.24. The molecule has 0 radical (unpaired) electrons. The lowest BCUT2D eigenvalue weighted by Gasteiger charge is -2.05. The Morgan fingerprint density at radius 1 is 1.32 bits per heavy atom. The van der Waals surface area contributed by atoms with E-state index in [9.17, 15) is 4.39 Å². The third-order valence-corrected chi connectivity index (χ3v) is 3.83. The van der Waals surface area contributed by atoms with Crippen molar-refractivity contribution in [3.05, 3.63) is 52.7 Å². The highest BCUT2D eigenvalue weighted by molar-refractivity contribution is 6.30. The highest BCUT2D eigenvalue weighted by atomic mass is 35.5. The molecular weight excluding hydrogens is 265 g/mol. The Morgan fingerprint density at radius 3 is 2.79 bits per heavy atom. The normalized spacial score (nSPS) is 11.4. The minimum absolute atomic E-state index is 0.203. The molecule has 0 fully saturated rings. The SMILES string of the molecule is Cc1nn(C)c(Cl)c1Cn1ccc2c(F)cccc21. The Morgan fingerprint density at radius 2 is 2.11 bits per heavy atom. The Labute approximate surface area is 115 Å². The average Bonchev–Trinajstić information content (AvgIpc) is 2.88. The zero-order valence-electron chi connectivity index (χ0n) is 10.7. The van der Waals surface area contributed by atoms with E-state index in [2.05, 4.69) is 5.10 Å². The number of rotatable bonds is 2. The summed E-state index contributed by atoms with van der Waals surface area (Å²) in [7, 11) is 1.81. The summed E-state index contributed by atoms with van der Waals surface area (Å²) in [6.45, 7) is 2.51. The first-order valence-electron chi connectivity index (χ1n) is 5.99. The van der Waals surface area contributed by atoms with Crippen molar-refractivity contribution in [1.29, 1.82) is 0 Å². The summed E-state index contributed by atoms with van der Waals surface area (Å²) in [5.41, 5.74) is 2.72. The second-order valence-corrected chi connectivity index (χ2v) is 4.95. The van der Waals surface area contributed by atoms with E-state index < -0.39 is 0 Å². The predicted octanol–water partition coefficient (Wildman–Crippen LogP) is 3.52. The molecule has 98 valence electrons. The van der Waals surface area contributed by atoms with Crippen molar-refractivity contribution in [3.63, 3.8) is 0 Å². The monoisotopic (exact) mass is 277 g/mol. The number of aryl methyl sites for hydroxylation is 2. The molecule has 3 nitrogen and oxygen atoms in total. The number of nitrogens with zero attached hydrogens (tertiary/aromatic N) is 3. The van der Waals surface area contributed by atoms with Crippen LogP contribution in [0.3, 0.4) is 0 Å². The number of halogens is 2. The maximum atomic E-state index is 13.6. The molecule has 1 aromatic carbocycles. The van der Waals surface area contributed by atoms with Gasteiger partial charge >= 0.3 is 0 Å². The van der Waals surface area contributed by atoms with Crippen LogP contribution in [0.5, 0.6) is 0 Å². The summed E-state index contributed by atoms with van der Waals surface area (Å²) in [5.74, 6) is -0.203. The van der Waals surface area contributed by atoms with Crippen LogP contribution in [-0.2, 0) is 13.6 Å². The average molecular weight is 278 g/mol. The van der Waals surface area contributed by atoms with Gasteiger partial charge in [-0.2, -0.15) is 5.10 Å². The van der Waals surface area contributed by atoms with E-state index in [4.69, 9.17) is 11.6 Å². The summed E-state index contributed by atoms with van der Waals surface area (Å²) >= 11 is 6.23. The molecule has 0 amide bonds. The van der Waals surface area contributed by atoms with Gasteiger partial charge in [0.15, 0.2) is 0 Å². The smallest absolute Gasteiger partial charge is 0.132 e. The molecule has 3 rings (SSSR count). The minimum atomic E-state index is -0.203. The Hall–Kier alpha value is -1.81. The molecule has 0 unspecified atom stereocenters. The molecule has 0 N–H and O–H groups in total. The van der Waals surface area contributed by atoms with Crippen LogP contribution < -0.4 is 0 Å². The van der Waals surface area contributed by atoms with E-state index in [0.717, 1.165) is 16.8 Å². The van der Waals surface area contributed by atoms with Gasteiger partial charge in [-0.1, -0.05) is 17.7 Å². The molecule has 0 aliphatic carbocycles. The number of hydrogen-bond donors (Lipinski definition) is 0. The van der Waals surface area contributed by atoms with Gasteiger partial charge in [0.25, 0.3) is 0 Å². The van der Waals surface area contributed by atoms with E-state index in [-0.39, 0.29) is 5.82 Å². The number of aromatic nitrogens is 3. The number of fused-ring (bicyclic) bond motifs is 1. The quantitative estimate of drug-likeness (QED) is 0.703. The van der Waals surface area contributed by atoms with Gasteiger partial charge < -0.3 is 4.57 Å². The van der Waals surface area contributed by atoms with E-state index in [0.29, 0.717) is 17.1 Å². The fourth-order valence-electron chi connectivity index (χ4n) is 2.35. The molecule has 2 heterocycles. The van der Waals surface area contributed by atoms with Gasteiger partial charge in [-0.25, -0.2) is 4.39 Å². The summed E-state index contributed by atoms with van der Waals surface area (Å²) in [6.07, 6.45) is 1.87. The van der Waals surface area contributed by atoms with Crippen molar-refractivity contribution < 1.29 is 4.39 Å². The van der Waals surface area contributed by atoms with Crippen molar-refractivity contribution in [3.8, 4) is 0 Å². The number of hydrogen-bond acceptors (Lipinski definition) is 1. The second-order valence-electron chi connectivity index (χ2n) is 4.59. The maximum Gasteiger partial charge on any atom is 0.132 e. The van der Waals surface area contributed by atoms with Crippen molar-refractivity contribution >= 4 is 22.5 Å². The fraction of sp³-hybridized carbons (Fsp3) is 0.214. The molecule has 0 aliphatic heterocycles. The molecule has 0 spiro atoms. The zero-order valence-corrected chi connectivity index (χ0v) is 11.4. The highest BCUT2D eigenvalue weighted by Gasteiger charge is 2.13. The van der Waals surface area contributed by atoms with Gasteiger partial charge in [0.05, 0.1) is 17.8 Å². The summed E-state index contributed by atoms with van der Waals surface area (Å²) < 4.78 is 17.3. The molecule has 19 heavy (non-hydrogen) atoms. The molecule has 5 heteroatoms.